The summed E-state index contributed by atoms with van der Waals surface area (Å²) in [6.07, 6.45) is 7.76. The summed E-state index contributed by atoms with van der Waals surface area (Å²) in [7, 11) is 0. The van der Waals surface area contributed by atoms with Crippen molar-refractivity contribution in [3.8, 4) is 5.75 Å². The van der Waals surface area contributed by atoms with Crippen LogP contribution in [0.5, 0.6) is 5.75 Å². The fourth-order valence-electron chi connectivity index (χ4n) is 3.46. The third-order valence-electron chi connectivity index (χ3n) is 5.04. The molecule has 5 heteroatoms. The molecule has 0 amide bonds. The highest BCUT2D eigenvalue weighted by atomic mass is 16.5. The monoisotopic (exact) mass is 349 g/mol. The summed E-state index contributed by atoms with van der Waals surface area (Å²) >= 11 is 0. The maximum absolute atomic E-state index is 13.3. The van der Waals surface area contributed by atoms with E-state index in [4.69, 9.17) is 15.5 Å². The van der Waals surface area contributed by atoms with Gasteiger partial charge < -0.3 is 10.5 Å². The van der Waals surface area contributed by atoms with Crippen molar-refractivity contribution in [2.24, 2.45) is 11.7 Å². The van der Waals surface area contributed by atoms with Crippen LogP contribution in [0.15, 0.2) is 59.4 Å². The second-order valence-corrected chi connectivity index (χ2v) is 7.21. The van der Waals surface area contributed by atoms with E-state index in [-0.39, 0.29) is 29.5 Å². The Balaban J connectivity index is 1.86. The molecule has 3 unspecified atom stereocenters. The maximum atomic E-state index is 13.3. The van der Waals surface area contributed by atoms with Crippen molar-refractivity contribution in [1.82, 2.24) is 9.55 Å². The molecule has 0 saturated heterocycles. The number of ether oxygens (including phenoxy) is 1. The van der Waals surface area contributed by atoms with Crippen LogP contribution in [0.2, 0.25) is 0 Å². The highest BCUT2D eigenvalue weighted by Crippen LogP contribution is 2.38. The minimum Gasteiger partial charge on any atom is -0.478 e. The molecule has 0 spiro atoms. The summed E-state index contributed by atoms with van der Waals surface area (Å²) in [5.74, 6) is 1.13. The number of allylic oxidation sites excluding steroid dienone is 2. The molecular weight excluding hydrogens is 326 g/mol. The molecule has 3 atom stereocenters. The first-order valence-electron chi connectivity index (χ1n) is 9.02. The van der Waals surface area contributed by atoms with Crippen LogP contribution in [0.25, 0.3) is 0 Å². The van der Waals surface area contributed by atoms with E-state index in [0.717, 1.165) is 5.56 Å². The Kier molecular flexibility index (Phi) is 4.24. The first-order valence-corrected chi connectivity index (χ1v) is 9.02. The van der Waals surface area contributed by atoms with E-state index in [0.29, 0.717) is 23.8 Å². The molecule has 0 bridgehead atoms. The number of aromatic nitrogens is 2. The average Bonchev–Trinajstić information content (AvgIpc) is 3.03. The second-order valence-electron chi connectivity index (χ2n) is 7.21. The van der Waals surface area contributed by atoms with Crippen LogP contribution in [0.3, 0.4) is 0 Å². The Morgan fingerprint density at radius 2 is 1.92 bits per heavy atom. The number of rotatable bonds is 4. The molecule has 1 aliphatic heterocycles. The highest BCUT2D eigenvalue weighted by molar-refractivity contribution is 5.42. The molecule has 2 aromatic rings. The number of hydrogen-bond donors (Lipinski definition) is 1. The molecule has 0 radical (unpaired) electrons. The van der Waals surface area contributed by atoms with Crippen LogP contribution < -0.4 is 16.0 Å². The van der Waals surface area contributed by atoms with Gasteiger partial charge in [0.25, 0.3) is 5.56 Å². The third-order valence-corrected chi connectivity index (χ3v) is 5.04. The van der Waals surface area contributed by atoms with Crippen molar-refractivity contribution in [2.75, 3.05) is 0 Å². The zero-order valence-corrected chi connectivity index (χ0v) is 15.0. The van der Waals surface area contributed by atoms with Gasteiger partial charge in [0.15, 0.2) is 0 Å². The van der Waals surface area contributed by atoms with E-state index in [9.17, 15) is 4.79 Å². The predicted molar refractivity (Wildman–Crippen MR) is 101 cm³/mol. The lowest BCUT2D eigenvalue weighted by atomic mass is 9.95. The molecule has 2 aliphatic rings. The molecule has 5 nitrogen and oxygen atoms in total. The fraction of sp³-hybridized carbons (Fsp3) is 0.333. The van der Waals surface area contributed by atoms with E-state index < -0.39 is 0 Å². The molecule has 2 heterocycles. The smallest absolute Gasteiger partial charge is 0.296 e. The lowest BCUT2D eigenvalue weighted by Gasteiger charge is -2.21. The van der Waals surface area contributed by atoms with Gasteiger partial charge in [0.05, 0.1) is 18.5 Å². The molecular formula is C21H23N3O2. The van der Waals surface area contributed by atoms with E-state index in [1.807, 2.05) is 68.5 Å². The molecule has 0 saturated carbocycles. The third kappa shape index (κ3) is 2.78. The van der Waals surface area contributed by atoms with Gasteiger partial charge in [-0.3, -0.25) is 9.36 Å². The van der Waals surface area contributed by atoms with Crippen LogP contribution in [0, 0.1) is 5.92 Å². The van der Waals surface area contributed by atoms with Crippen LogP contribution in [-0.2, 0) is 6.54 Å². The molecule has 134 valence electrons. The molecule has 1 aromatic heterocycles. The number of nitrogens with two attached hydrogens (primary N) is 1. The zero-order valence-electron chi connectivity index (χ0n) is 15.0. The van der Waals surface area contributed by atoms with E-state index in [1.54, 1.807) is 4.57 Å². The predicted octanol–water partition coefficient (Wildman–Crippen LogP) is 2.92. The van der Waals surface area contributed by atoms with Gasteiger partial charge in [-0.2, -0.15) is 0 Å². The minimum absolute atomic E-state index is 0.0211. The van der Waals surface area contributed by atoms with Crippen molar-refractivity contribution in [2.45, 2.75) is 38.5 Å². The molecule has 26 heavy (non-hydrogen) atoms. The molecule has 0 fully saturated rings. The normalized spacial score (nSPS) is 21.4. The van der Waals surface area contributed by atoms with Gasteiger partial charge in [0.1, 0.15) is 17.6 Å². The molecule has 4 rings (SSSR count). The first-order chi connectivity index (χ1) is 12.6. The van der Waals surface area contributed by atoms with Crippen molar-refractivity contribution >= 4 is 0 Å². The van der Waals surface area contributed by atoms with Crippen molar-refractivity contribution < 1.29 is 4.74 Å². The van der Waals surface area contributed by atoms with Gasteiger partial charge >= 0.3 is 0 Å². The summed E-state index contributed by atoms with van der Waals surface area (Å²) < 4.78 is 7.61. The van der Waals surface area contributed by atoms with Crippen LogP contribution in [-0.4, -0.2) is 15.7 Å². The van der Waals surface area contributed by atoms with Gasteiger partial charge in [0, 0.05) is 0 Å². The summed E-state index contributed by atoms with van der Waals surface area (Å²) in [5.41, 5.74) is 8.01. The SMILES string of the molecule is CC(C)C(N)c1nc2c(c(=O)n1Cc1ccccc1)OC1C=CC=CC21. The Labute approximate surface area is 152 Å². The highest BCUT2D eigenvalue weighted by Gasteiger charge is 2.37. The Morgan fingerprint density at radius 1 is 1.19 bits per heavy atom. The summed E-state index contributed by atoms with van der Waals surface area (Å²) in [4.78, 5) is 18.1. The number of hydrogen-bond acceptors (Lipinski definition) is 4. The van der Waals surface area contributed by atoms with Crippen LogP contribution in [0.4, 0.5) is 0 Å². The summed E-state index contributed by atoms with van der Waals surface area (Å²) in [6, 6.07) is 9.56. The molecule has 1 aromatic carbocycles. The number of benzene rings is 1. The van der Waals surface area contributed by atoms with Crippen molar-refractivity contribution in [3.05, 3.63) is 82.1 Å². The van der Waals surface area contributed by atoms with Gasteiger partial charge in [-0.1, -0.05) is 62.4 Å². The summed E-state index contributed by atoms with van der Waals surface area (Å²) in [5, 5.41) is 0. The van der Waals surface area contributed by atoms with Crippen molar-refractivity contribution in [3.63, 3.8) is 0 Å². The van der Waals surface area contributed by atoms with Gasteiger partial charge in [-0.15, -0.1) is 0 Å². The quantitative estimate of drug-likeness (QED) is 0.921. The van der Waals surface area contributed by atoms with Gasteiger partial charge in [-0.05, 0) is 17.6 Å². The standard InChI is InChI=1S/C21H23N3O2/c1-13(2)17(22)20-23-18-15-10-6-7-11-16(15)26-19(18)21(25)24(20)12-14-8-4-3-5-9-14/h3-11,13,15-17H,12,22H2,1-2H3. The van der Waals surface area contributed by atoms with Crippen molar-refractivity contribution in [1.29, 1.82) is 0 Å². The van der Waals surface area contributed by atoms with E-state index in [1.165, 1.54) is 0 Å². The van der Waals surface area contributed by atoms with Crippen LogP contribution in [0.1, 0.15) is 42.9 Å². The number of fused-ring (bicyclic) bond motifs is 3. The average molecular weight is 349 g/mol. The largest absolute Gasteiger partial charge is 0.478 e. The zero-order chi connectivity index (χ0) is 18.3. The first kappa shape index (κ1) is 16.8. The van der Waals surface area contributed by atoms with E-state index in [2.05, 4.69) is 0 Å². The lowest BCUT2D eigenvalue weighted by Crippen LogP contribution is -2.32. The second kappa shape index (κ2) is 6.57. The number of nitrogens with zero attached hydrogens (tertiary/aromatic N) is 2. The Morgan fingerprint density at radius 3 is 2.65 bits per heavy atom. The van der Waals surface area contributed by atoms with Gasteiger partial charge in [-0.25, -0.2) is 4.98 Å². The van der Waals surface area contributed by atoms with Gasteiger partial charge in [0.2, 0.25) is 5.75 Å². The lowest BCUT2D eigenvalue weighted by molar-refractivity contribution is 0.264. The Bertz CT molecular complexity index is 928. The summed E-state index contributed by atoms with van der Waals surface area (Å²) in [6.45, 7) is 4.51. The maximum Gasteiger partial charge on any atom is 0.296 e. The topological polar surface area (TPSA) is 70.1 Å². The van der Waals surface area contributed by atoms with Crippen LogP contribution >= 0.6 is 0 Å². The van der Waals surface area contributed by atoms with E-state index >= 15 is 0 Å². The minimum atomic E-state index is -0.320. The fourth-order valence-corrected chi connectivity index (χ4v) is 3.46. The molecule has 1 aliphatic carbocycles. The molecule has 2 N–H and O–H groups in total. The Hall–Kier alpha value is -2.66.